The molecule has 16 heavy (non-hydrogen) atoms. The van der Waals surface area contributed by atoms with Gasteiger partial charge >= 0.3 is 0 Å². The van der Waals surface area contributed by atoms with Crippen LogP contribution in [0.2, 0.25) is 0 Å². The highest BCUT2D eigenvalue weighted by molar-refractivity contribution is 7.97. The molecule has 1 aromatic rings. The zero-order valence-electron chi connectivity index (χ0n) is 9.24. The van der Waals surface area contributed by atoms with Crippen molar-refractivity contribution in [1.29, 1.82) is 0 Å². The van der Waals surface area contributed by atoms with Gasteiger partial charge in [0.2, 0.25) is 0 Å². The molecule has 2 heterocycles. The first-order chi connectivity index (χ1) is 7.92. The van der Waals surface area contributed by atoms with Gasteiger partial charge < -0.3 is 10.1 Å². The normalized spacial score (nSPS) is 20.5. The van der Waals surface area contributed by atoms with Crippen molar-refractivity contribution in [3.8, 4) is 5.75 Å². The number of nitrogens with one attached hydrogen (secondary N) is 1. The number of rotatable bonds is 2. The Balaban J connectivity index is 1.69. The van der Waals surface area contributed by atoms with Crippen LogP contribution in [0.1, 0.15) is 5.56 Å². The van der Waals surface area contributed by atoms with Crippen molar-refractivity contribution in [2.45, 2.75) is 11.3 Å². The number of benzene rings is 1. The van der Waals surface area contributed by atoms with Crippen molar-refractivity contribution >= 4 is 11.9 Å². The third-order valence-electron chi connectivity index (χ3n) is 2.97. The Morgan fingerprint density at radius 3 is 3.00 bits per heavy atom. The average molecular weight is 236 g/mol. The topological polar surface area (TPSA) is 24.5 Å². The van der Waals surface area contributed by atoms with E-state index in [1.165, 1.54) is 10.5 Å². The molecule has 4 heteroatoms. The van der Waals surface area contributed by atoms with Gasteiger partial charge in [0.15, 0.2) is 0 Å². The van der Waals surface area contributed by atoms with Crippen molar-refractivity contribution in [1.82, 2.24) is 9.62 Å². The second kappa shape index (κ2) is 4.65. The lowest BCUT2D eigenvalue weighted by Crippen LogP contribution is -2.39. The van der Waals surface area contributed by atoms with Gasteiger partial charge in [0, 0.05) is 37.5 Å². The first-order valence-corrected chi connectivity index (χ1v) is 6.58. The molecule has 2 aliphatic heterocycles. The molecule has 0 radical (unpaired) electrons. The van der Waals surface area contributed by atoms with Crippen molar-refractivity contribution in [2.24, 2.45) is 0 Å². The number of hydrogen-bond acceptors (Lipinski definition) is 4. The van der Waals surface area contributed by atoms with Gasteiger partial charge in [0.25, 0.3) is 0 Å². The van der Waals surface area contributed by atoms with Gasteiger partial charge in [0.05, 0.1) is 6.61 Å². The molecule has 0 saturated carbocycles. The second-order valence-corrected chi connectivity index (χ2v) is 5.31. The van der Waals surface area contributed by atoms with Gasteiger partial charge in [-0.25, -0.2) is 4.31 Å². The van der Waals surface area contributed by atoms with Crippen LogP contribution in [0.15, 0.2) is 23.1 Å². The van der Waals surface area contributed by atoms with E-state index in [2.05, 4.69) is 27.8 Å². The smallest absolute Gasteiger partial charge is 0.122 e. The fraction of sp³-hybridized carbons (Fsp3) is 0.500. The molecular formula is C12H16N2OS. The Morgan fingerprint density at radius 1 is 1.25 bits per heavy atom. The third-order valence-corrected chi connectivity index (χ3v) is 4.06. The summed E-state index contributed by atoms with van der Waals surface area (Å²) in [6.07, 6.45) is 1.06. The Bertz CT molecular complexity index is 377. The minimum absolute atomic E-state index is 0.844. The van der Waals surface area contributed by atoms with Crippen LogP contribution >= 0.6 is 11.9 Å². The van der Waals surface area contributed by atoms with Gasteiger partial charge in [-0.3, -0.25) is 0 Å². The van der Waals surface area contributed by atoms with Crippen molar-refractivity contribution in [3.05, 3.63) is 23.8 Å². The van der Waals surface area contributed by atoms with E-state index in [9.17, 15) is 0 Å². The minimum atomic E-state index is 0.844. The van der Waals surface area contributed by atoms with Crippen LogP contribution in [0.25, 0.3) is 0 Å². The molecule has 0 bridgehead atoms. The Kier molecular flexibility index (Phi) is 3.04. The van der Waals surface area contributed by atoms with Crippen molar-refractivity contribution in [2.75, 3.05) is 32.8 Å². The highest BCUT2D eigenvalue weighted by Crippen LogP contribution is 2.31. The zero-order chi connectivity index (χ0) is 10.8. The third kappa shape index (κ3) is 2.19. The number of piperazine rings is 1. The predicted molar refractivity (Wildman–Crippen MR) is 65.9 cm³/mol. The average Bonchev–Trinajstić information content (AvgIpc) is 2.77. The number of hydrogen-bond donors (Lipinski definition) is 1. The van der Waals surface area contributed by atoms with E-state index in [0.717, 1.165) is 45.0 Å². The summed E-state index contributed by atoms with van der Waals surface area (Å²) >= 11 is 1.87. The van der Waals surface area contributed by atoms with E-state index < -0.39 is 0 Å². The standard InChI is InChI=1S/C12H16N2OS/c1-2-12-10(3-8-15-12)9-11(1)16-14-6-4-13-5-7-14/h1-2,9,13H,3-8H2. The van der Waals surface area contributed by atoms with Gasteiger partial charge in [0.1, 0.15) is 5.75 Å². The van der Waals surface area contributed by atoms with Crippen LogP contribution < -0.4 is 10.1 Å². The maximum Gasteiger partial charge on any atom is 0.122 e. The lowest BCUT2D eigenvalue weighted by molar-refractivity contribution is 0.356. The molecule has 0 amide bonds. The van der Waals surface area contributed by atoms with Gasteiger partial charge in [-0.15, -0.1) is 0 Å². The Morgan fingerprint density at radius 2 is 2.12 bits per heavy atom. The van der Waals surface area contributed by atoms with Gasteiger partial charge in [-0.05, 0) is 35.7 Å². The molecule has 1 saturated heterocycles. The van der Waals surface area contributed by atoms with E-state index in [1.807, 2.05) is 11.9 Å². The summed E-state index contributed by atoms with van der Waals surface area (Å²) < 4.78 is 7.94. The molecular weight excluding hydrogens is 220 g/mol. The molecule has 0 spiro atoms. The molecule has 3 nitrogen and oxygen atoms in total. The Hall–Kier alpha value is -0.710. The first kappa shape index (κ1) is 10.4. The lowest BCUT2D eigenvalue weighted by Gasteiger charge is -2.25. The molecule has 0 unspecified atom stereocenters. The van der Waals surface area contributed by atoms with E-state index in [0.29, 0.717) is 0 Å². The molecule has 1 N–H and O–H groups in total. The van der Waals surface area contributed by atoms with E-state index in [4.69, 9.17) is 4.74 Å². The minimum Gasteiger partial charge on any atom is -0.493 e. The molecule has 0 aromatic heterocycles. The van der Waals surface area contributed by atoms with E-state index in [-0.39, 0.29) is 0 Å². The molecule has 0 atom stereocenters. The van der Waals surface area contributed by atoms with Crippen LogP contribution in [0.3, 0.4) is 0 Å². The summed E-state index contributed by atoms with van der Waals surface area (Å²) in [4.78, 5) is 1.34. The maximum atomic E-state index is 5.51. The Labute approximate surface area is 100 Å². The van der Waals surface area contributed by atoms with Crippen LogP contribution in [0.5, 0.6) is 5.75 Å². The van der Waals surface area contributed by atoms with Crippen LogP contribution in [-0.4, -0.2) is 37.1 Å². The van der Waals surface area contributed by atoms with E-state index in [1.54, 1.807) is 0 Å². The van der Waals surface area contributed by atoms with Crippen molar-refractivity contribution in [3.63, 3.8) is 0 Å². The van der Waals surface area contributed by atoms with Crippen LogP contribution in [-0.2, 0) is 6.42 Å². The predicted octanol–water partition coefficient (Wildman–Crippen LogP) is 1.53. The second-order valence-electron chi connectivity index (χ2n) is 4.14. The SMILES string of the molecule is c1cc2c(cc1SN1CCNCC1)CCO2. The zero-order valence-corrected chi connectivity index (χ0v) is 10.1. The van der Waals surface area contributed by atoms with Crippen LogP contribution in [0.4, 0.5) is 0 Å². The first-order valence-electron chi connectivity index (χ1n) is 5.81. The van der Waals surface area contributed by atoms with Gasteiger partial charge in [-0.1, -0.05) is 0 Å². The molecule has 3 rings (SSSR count). The molecule has 2 aliphatic rings. The maximum absolute atomic E-state index is 5.51. The number of ether oxygens (including phenoxy) is 1. The highest BCUT2D eigenvalue weighted by Gasteiger charge is 2.15. The van der Waals surface area contributed by atoms with E-state index >= 15 is 0 Å². The lowest BCUT2D eigenvalue weighted by atomic mass is 10.2. The number of fused-ring (bicyclic) bond motifs is 1. The molecule has 1 aromatic carbocycles. The molecule has 1 fully saturated rings. The number of nitrogens with zero attached hydrogens (tertiary/aromatic N) is 1. The van der Waals surface area contributed by atoms with Crippen LogP contribution in [0, 0.1) is 0 Å². The summed E-state index contributed by atoms with van der Waals surface area (Å²) in [5, 5.41) is 3.37. The molecule has 86 valence electrons. The quantitative estimate of drug-likeness (QED) is 0.787. The molecule has 0 aliphatic carbocycles. The summed E-state index contributed by atoms with van der Waals surface area (Å²) in [5.74, 6) is 1.07. The largest absolute Gasteiger partial charge is 0.493 e. The van der Waals surface area contributed by atoms with Gasteiger partial charge in [-0.2, -0.15) is 0 Å². The summed E-state index contributed by atoms with van der Waals surface area (Å²) in [7, 11) is 0. The fourth-order valence-electron chi connectivity index (χ4n) is 2.10. The summed E-state index contributed by atoms with van der Waals surface area (Å²) in [6, 6.07) is 6.54. The summed E-state index contributed by atoms with van der Waals surface area (Å²) in [6.45, 7) is 5.29. The highest BCUT2D eigenvalue weighted by atomic mass is 32.2. The van der Waals surface area contributed by atoms with Crippen molar-refractivity contribution < 1.29 is 4.74 Å². The monoisotopic (exact) mass is 236 g/mol. The summed E-state index contributed by atoms with van der Waals surface area (Å²) in [5.41, 5.74) is 1.36. The fourth-order valence-corrected chi connectivity index (χ4v) is 3.09.